The van der Waals surface area contributed by atoms with Gasteiger partial charge in [-0.05, 0) is 6.92 Å². The molecule has 0 spiro atoms. The Balaban J connectivity index is 1.96. The average Bonchev–Trinajstić information content (AvgIpc) is 2.97. The van der Waals surface area contributed by atoms with Crippen molar-refractivity contribution in [3.8, 4) is 0 Å². The zero-order valence-corrected chi connectivity index (χ0v) is 12.9. The predicted molar refractivity (Wildman–Crippen MR) is 77.8 cm³/mol. The molecule has 1 N–H and O–H groups in total. The van der Waals surface area contributed by atoms with Gasteiger partial charge < -0.3 is 5.32 Å². The summed E-state index contributed by atoms with van der Waals surface area (Å²) in [5.41, 5.74) is -0.0322. The van der Waals surface area contributed by atoms with Crippen molar-refractivity contribution in [2.75, 3.05) is 0 Å². The van der Waals surface area contributed by atoms with E-state index in [9.17, 15) is 4.79 Å². The first-order chi connectivity index (χ1) is 9.36. The number of carbonyl (C=O) groups is 1. The van der Waals surface area contributed by atoms with E-state index in [2.05, 4.69) is 41.2 Å². The molecule has 0 aromatic carbocycles. The van der Waals surface area contributed by atoms with Gasteiger partial charge in [0.25, 0.3) is 5.91 Å². The molecule has 2 aromatic rings. The summed E-state index contributed by atoms with van der Waals surface area (Å²) in [6.45, 7) is 8.78. The highest BCUT2D eigenvalue weighted by molar-refractivity contribution is 7.13. The first kappa shape index (κ1) is 14.6. The topological polar surface area (TPSA) is 72.7 Å². The average molecular weight is 293 g/mol. The minimum atomic E-state index is -0.0920. The van der Waals surface area contributed by atoms with E-state index < -0.39 is 0 Å². The fourth-order valence-electron chi connectivity index (χ4n) is 1.67. The van der Waals surface area contributed by atoms with Crippen molar-refractivity contribution < 1.29 is 4.79 Å². The summed E-state index contributed by atoms with van der Waals surface area (Å²) < 4.78 is 1.69. The third-order valence-corrected chi connectivity index (χ3v) is 4.10. The lowest BCUT2D eigenvalue weighted by Crippen LogP contribution is -2.35. The van der Waals surface area contributed by atoms with Gasteiger partial charge in [-0.2, -0.15) is 5.10 Å². The number of nitrogens with zero attached hydrogens (tertiary/aromatic N) is 4. The second-order valence-corrected chi connectivity index (χ2v) is 6.80. The maximum Gasteiger partial charge on any atom is 0.263 e. The van der Waals surface area contributed by atoms with Gasteiger partial charge in [0.1, 0.15) is 17.5 Å². The van der Waals surface area contributed by atoms with Crippen LogP contribution >= 0.6 is 11.3 Å². The molecule has 1 amide bonds. The van der Waals surface area contributed by atoms with Crippen molar-refractivity contribution in [3.05, 3.63) is 28.7 Å². The van der Waals surface area contributed by atoms with Gasteiger partial charge in [0.15, 0.2) is 0 Å². The molecule has 0 aliphatic carbocycles. The summed E-state index contributed by atoms with van der Waals surface area (Å²) in [7, 11) is 0. The third-order valence-electron chi connectivity index (χ3n) is 2.68. The van der Waals surface area contributed by atoms with Crippen LogP contribution in [-0.2, 0) is 12.0 Å². The van der Waals surface area contributed by atoms with Crippen LogP contribution in [-0.4, -0.2) is 31.7 Å². The normalized spacial score (nSPS) is 13.2. The van der Waals surface area contributed by atoms with Gasteiger partial charge in [-0.25, -0.2) is 9.97 Å². The Morgan fingerprint density at radius 2 is 2.25 bits per heavy atom. The molecule has 7 heteroatoms. The van der Waals surface area contributed by atoms with E-state index in [1.54, 1.807) is 17.2 Å². The summed E-state index contributed by atoms with van der Waals surface area (Å²) in [6.07, 6.45) is 4.75. The summed E-state index contributed by atoms with van der Waals surface area (Å²) in [5, 5.41) is 7.92. The van der Waals surface area contributed by atoms with Crippen LogP contribution in [0.1, 0.15) is 42.4 Å². The lowest BCUT2D eigenvalue weighted by molar-refractivity contribution is 0.0940. The summed E-state index contributed by atoms with van der Waals surface area (Å²) >= 11 is 1.44. The van der Waals surface area contributed by atoms with Crippen LogP contribution in [0, 0.1) is 0 Å². The van der Waals surface area contributed by atoms with Gasteiger partial charge >= 0.3 is 0 Å². The largest absolute Gasteiger partial charge is 0.347 e. The van der Waals surface area contributed by atoms with Crippen LogP contribution in [0.3, 0.4) is 0 Å². The van der Waals surface area contributed by atoms with Gasteiger partial charge in [0.05, 0.1) is 17.7 Å². The fraction of sp³-hybridized carbons (Fsp3) is 0.538. The number of hydrogen-bond donors (Lipinski definition) is 1. The minimum absolute atomic E-state index is 0.0237. The molecule has 1 atom stereocenters. The Labute approximate surface area is 122 Å². The molecule has 0 radical (unpaired) electrons. The van der Waals surface area contributed by atoms with Crippen molar-refractivity contribution in [1.82, 2.24) is 25.1 Å². The molecule has 108 valence electrons. The zero-order valence-electron chi connectivity index (χ0n) is 12.1. The first-order valence-electron chi connectivity index (χ1n) is 6.46. The maximum atomic E-state index is 12.1. The number of hydrogen-bond acceptors (Lipinski definition) is 5. The molecule has 0 fully saturated rings. The van der Waals surface area contributed by atoms with Gasteiger partial charge in [0, 0.05) is 11.5 Å². The highest BCUT2D eigenvalue weighted by Crippen LogP contribution is 2.26. The van der Waals surface area contributed by atoms with Crippen molar-refractivity contribution in [3.63, 3.8) is 0 Å². The molecular formula is C13H19N5OS. The molecule has 2 aromatic heterocycles. The molecule has 0 saturated carbocycles. The van der Waals surface area contributed by atoms with Crippen LogP contribution in [0.2, 0.25) is 0 Å². The summed E-state index contributed by atoms with van der Waals surface area (Å²) in [4.78, 5) is 21.0. The monoisotopic (exact) mass is 293 g/mol. The highest BCUT2D eigenvalue weighted by atomic mass is 32.1. The maximum absolute atomic E-state index is 12.1. The smallest absolute Gasteiger partial charge is 0.263 e. The lowest BCUT2D eigenvalue weighted by atomic mass is 9.98. The molecule has 0 bridgehead atoms. The van der Waals surface area contributed by atoms with E-state index in [0.29, 0.717) is 11.4 Å². The van der Waals surface area contributed by atoms with Gasteiger partial charge in [0.2, 0.25) is 0 Å². The molecule has 0 aliphatic rings. The van der Waals surface area contributed by atoms with Crippen molar-refractivity contribution >= 4 is 17.2 Å². The van der Waals surface area contributed by atoms with Crippen molar-refractivity contribution in [2.45, 2.75) is 45.7 Å². The second-order valence-electron chi connectivity index (χ2n) is 5.77. The Morgan fingerprint density at radius 1 is 1.50 bits per heavy atom. The van der Waals surface area contributed by atoms with Gasteiger partial charge in [-0.3, -0.25) is 9.48 Å². The number of amides is 1. The Bertz CT molecular complexity index is 570. The molecule has 0 saturated heterocycles. The lowest BCUT2D eigenvalue weighted by Gasteiger charge is -2.14. The number of nitrogens with one attached hydrogen (secondary N) is 1. The highest BCUT2D eigenvalue weighted by Gasteiger charge is 2.21. The van der Waals surface area contributed by atoms with Gasteiger partial charge in [-0.1, -0.05) is 20.8 Å². The van der Waals surface area contributed by atoms with Crippen LogP contribution in [0.4, 0.5) is 0 Å². The van der Waals surface area contributed by atoms with Crippen LogP contribution in [0.25, 0.3) is 0 Å². The standard InChI is InChI=1S/C13H19N5OS/c1-9(6-18-8-14-7-16-18)17-11(19)10-5-15-12(20-10)13(2,3)4/h5,7-9H,6H2,1-4H3,(H,17,19)/t9-/m0/s1. The van der Waals surface area contributed by atoms with Gasteiger partial charge in [-0.15, -0.1) is 11.3 Å². The van der Waals surface area contributed by atoms with E-state index in [-0.39, 0.29) is 17.4 Å². The molecular weight excluding hydrogens is 274 g/mol. The number of carbonyl (C=O) groups excluding carboxylic acids is 1. The summed E-state index contributed by atoms with van der Waals surface area (Å²) in [5.74, 6) is -0.0920. The molecule has 6 nitrogen and oxygen atoms in total. The number of thiazole rings is 1. The number of aromatic nitrogens is 4. The predicted octanol–water partition coefficient (Wildman–Crippen LogP) is 1.85. The zero-order chi connectivity index (χ0) is 14.8. The van der Waals surface area contributed by atoms with E-state index in [1.165, 1.54) is 17.7 Å². The first-order valence-corrected chi connectivity index (χ1v) is 7.27. The van der Waals surface area contributed by atoms with Crippen molar-refractivity contribution in [2.24, 2.45) is 0 Å². The molecule has 0 aliphatic heterocycles. The fourth-order valence-corrected chi connectivity index (χ4v) is 2.55. The molecule has 0 unspecified atom stereocenters. The van der Waals surface area contributed by atoms with E-state index in [0.717, 1.165) is 5.01 Å². The van der Waals surface area contributed by atoms with Crippen molar-refractivity contribution in [1.29, 1.82) is 0 Å². The molecule has 20 heavy (non-hydrogen) atoms. The van der Waals surface area contributed by atoms with Crippen LogP contribution in [0.5, 0.6) is 0 Å². The minimum Gasteiger partial charge on any atom is -0.347 e. The molecule has 2 rings (SSSR count). The van der Waals surface area contributed by atoms with Crippen LogP contribution < -0.4 is 5.32 Å². The Morgan fingerprint density at radius 3 is 2.80 bits per heavy atom. The molecule has 2 heterocycles. The Kier molecular flexibility index (Phi) is 4.17. The summed E-state index contributed by atoms with van der Waals surface area (Å²) in [6, 6.07) is -0.0237. The SMILES string of the molecule is C[C@@H](Cn1cncn1)NC(=O)c1cnc(C(C)(C)C)s1. The Hall–Kier alpha value is -1.76. The van der Waals surface area contributed by atoms with E-state index in [4.69, 9.17) is 0 Å². The third kappa shape index (κ3) is 3.63. The second kappa shape index (κ2) is 5.70. The number of rotatable bonds is 4. The van der Waals surface area contributed by atoms with Crippen LogP contribution in [0.15, 0.2) is 18.9 Å². The van der Waals surface area contributed by atoms with E-state index >= 15 is 0 Å². The quantitative estimate of drug-likeness (QED) is 0.933. The van der Waals surface area contributed by atoms with E-state index in [1.807, 2.05) is 6.92 Å².